The smallest absolute Gasteiger partial charge is 0.406 e. The Hall–Kier alpha value is -4.22. The molecule has 0 bridgehead atoms. The monoisotopic (exact) mass is 943 g/mol. The minimum absolute atomic E-state index is 0.189. The second kappa shape index (κ2) is 23.3. The largest absolute Gasteiger partial charge is 0.573 e. The van der Waals surface area contributed by atoms with Crippen molar-refractivity contribution in [2.45, 2.75) is 87.0 Å². The fraction of sp³-hybridized carbons (Fsp3) is 0.354. The van der Waals surface area contributed by atoms with E-state index in [-0.39, 0.29) is 23.7 Å². The number of hydrogen-bond acceptors (Lipinski definition) is 8. The van der Waals surface area contributed by atoms with E-state index in [2.05, 4.69) is 60.4 Å². The normalized spacial score (nSPS) is 18.1. The van der Waals surface area contributed by atoms with Crippen LogP contribution in [0.3, 0.4) is 0 Å². The Morgan fingerprint density at radius 1 is 0.672 bits per heavy atom. The average Bonchev–Trinajstić information content (AvgIpc) is 4.05. The molecule has 0 aromatic heterocycles. The summed E-state index contributed by atoms with van der Waals surface area (Å²) in [5, 5.41) is 0.726. The lowest BCUT2D eigenvalue weighted by molar-refractivity contribution is -0.274. The zero-order chi connectivity index (χ0) is 45.7. The van der Waals surface area contributed by atoms with Crippen LogP contribution >= 0.6 is 35.5 Å². The summed E-state index contributed by atoms with van der Waals surface area (Å²) < 4.78 is 86.4. The van der Waals surface area contributed by atoms with Gasteiger partial charge in [-0.15, -0.1) is 13.2 Å². The molecule has 64 heavy (non-hydrogen) atoms. The third-order valence-corrected chi connectivity index (χ3v) is 12.8. The van der Waals surface area contributed by atoms with Gasteiger partial charge in [0, 0.05) is 84.8 Å². The van der Waals surface area contributed by atoms with E-state index in [1.807, 2.05) is 55.1 Å². The van der Waals surface area contributed by atoms with Gasteiger partial charge in [-0.1, -0.05) is 86.1 Å². The van der Waals surface area contributed by atoms with Gasteiger partial charge in [0.1, 0.15) is 5.75 Å². The first kappa shape index (κ1) is 49.2. The maximum atomic E-state index is 12.9. The van der Waals surface area contributed by atoms with Crippen molar-refractivity contribution in [1.82, 2.24) is 19.2 Å². The Morgan fingerprint density at radius 2 is 1.19 bits per heavy atom. The van der Waals surface area contributed by atoms with Crippen LogP contribution in [0.25, 0.3) is 11.1 Å². The summed E-state index contributed by atoms with van der Waals surface area (Å²) >= 11 is 8.55. The van der Waals surface area contributed by atoms with E-state index in [4.69, 9.17) is 11.6 Å². The number of alkyl halides is 6. The Morgan fingerprint density at radius 3 is 1.70 bits per heavy atom. The second-order valence-corrected chi connectivity index (χ2v) is 17.7. The molecule has 0 aliphatic carbocycles. The van der Waals surface area contributed by atoms with E-state index in [9.17, 15) is 31.1 Å². The molecule has 342 valence electrons. The van der Waals surface area contributed by atoms with E-state index >= 15 is 0 Å². The van der Waals surface area contributed by atoms with Crippen LogP contribution in [-0.2, 0) is 24.1 Å². The lowest BCUT2D eigenvalue weighted by Gasteiger charge is -2.19. The lowest BCUT2D eigenvalue weighted by Crippen LogP contribution is -2.28. The molecule has 5 aromatic carbocycles. The molecule has 16 heteroatoms. The Kier molecular flexibility index (Phi) is 17.9. The van der Waals surface area contributed by atoms with Gasteiger partial charge in [-0.05, 0) is 126 Å². The minimum atomic E-state index is -4.69. The van der Waals surface area contributed by atoms with Crippen molar-refractivity contribution in [3.05, 3.63) is 143 Å². The fourth-order valence-corrected chi connectivity index (χ4v) is 9.35. The van der Waals surface area contributed by atoms with Gasteiger partial charge in [-0.3, -0.25) is 24.0 Å². The molecule has 2 N–H and O–H groups in total. The van der Waals surface area contributed by atoms with Gasteiger partial charge < -0.3 is 9.64 Å². The van der Waals surface area contributed by atoms with Crippen LogP contribution < -0.4 is 19.1 Å². The summed E-state index contributed by atoms with van der Waals surface area (Å²) in [6.45, 7) is 10.1. The van der Waals surface area contributed by atoms with E-state index in [1.165, 1.54) is 59.3 Å². The summed E-state index contributed by atoms with van der Waals surface area (Å²) in [5.41, 5.74) is 5.06. The predicted molar refractivity (Wildman–Crippen MR) is 246 cm³/mol. The quantitative estimate of drug-likeness (QED) is 0.0894. The number of ether oxygens (including phenoxy) is 1. The summed E-state index contributed by atoms with van der Waals surface area (Å²) in [7, 11) is 0. The number of nitrogens with zero attached hydrogens (tertiary/aromatic N) is 3. The van der Waals surface area contributed by atoms with E-state index in [0.29, 0.717) is 16.2 Å². The number of nitrogens with one attached hydrogen (secondary N) is 2. The molecule has 1 amide bonds. The topological polar surface area (TPSA) is 60.1 Å². The van der Waals surface area contributed by atoms with Crippen molar-refractivity contribution < 1.29 is 35.9 Å². The molecule has 3 aliphatic rings. The van der Waals surface area contributed by atoms with Gasteiger partial charge in [0.25, 0.3) is 0 Å². The molecule has 2 unspecified atom stereocenters. The van der Waals surface area contributed by atoms with Crippen molar-refractivity contribution >= 4 is 47.1 Å². The maximum absolute atomic E-state index is 12.9. The molecule has 0 spiro atoms. The number of rotatable bonds is 13. The second-order valence-electron chi connectivity index (χ2n) is 15.4. The highest BCUT2D eigenvalue weighted by Gasteiger charge is 2.32. The molecule has 5 aromatic rings. The third kappa shape index (κ3) is 15.2. The van der Waals surface area contributed by atoms with Crippen LogP contribution in [-0.4, -0.2) is 66.9 Å². The molecule has 3 aliphatic heterocycles. The molecule has 0 radical (unpaired) electrons. The van der Waals surface area contributed by atoms with Crippen molar-refractivity contribution in [3.63, 3.8) is 0 Å². The molecule has 3 saturated heterocycles. The van der Waals surface area contributed by atoms with Gasteiger partial charge in [0.15, 0.2) is 0 Å². The first-order valence-electron chi connectivity index (χ1n) is 21.3. The number of halogens is 7. The summed E-state index contributed by atoms with van der Waals surface area (Å²) in [4.78, 5) is 19.7. The van der Waals surface area contributed by atoms with Crippen LogP contribution in [0.15, 0.2) is 131 Å². The van der Waals surface area contributed by atoms with Crippen LogP contribution in [0.5, 0.6) is 5.75 Å². The number of hydrogen-bond donors (Lipinski definition) is 2. The fourth-order valence-electron chi connectivity index (χ4n) is 7.58. The SMILES string of the molecule is CC.FC(F)(F)c1cccc(SNC2CCN(Cc3ccc(-c4ccc(Cl)cc4)cc3)C2)c1.O=C1CCCN1c1ccc(CN2CCC(NSc3cccc(OC(F)(F)F)c3)C2)cc1. The number of benzene rings is 5. The van der Waals surface area contributed by atoms with Gasteiger partial charge in [-0.25, -0.2) is 0 Å². The van der Waals surface area contributed by atoms with Gasteiger partial charge >= 0.3 is 12.5 Å². The van der Waals surface area contributed by atoms with Gasteiger partial charge in [0.2, 0.25) is 5.91 Å². The Labute approximate surface area is 385 Å². The highest BCUT2D eigenvalue weighted by molar-refractivity contribution is 7.97. The molecule has 0 saturated carbocycles. The van der Waals surface area contributed by atoms with Crippen LogP contribution in [0.1, 0.15) is 56.2 Å². The number of anilines is 1. The summed E-state index contributed by atoms with van der Waals surface area (Å²) in [5.74, 6) is -0.0272. The zero-order valence-electron chi connectivity index (χ0n) is 35.6. The van der Waals surface area contributed by atoms with E-state index in [0.717, 1.165) is 93.0 Å². The molecule has 8 rings (SSSR count). The number of likely N-dealkylation sites (tertiary alicyclic amines) is 2. The van der Waals surface area contributed by atoms with Crippen LogP contribution in [0, 0.1) is 0 Å². The molecular formula is C48H52ClF6N5O2S2. The van der Waals surface area contributed by atoms with Crippen molar-refractivity contribution in [3.8, 4) is 16.9 Å². The molecule has 2 atom stereocenters. The molecule has 3 fully saturated rings. The summed E-state index contributed by atoms with van der Waals surface area (Å²) in [6.07, 6.45) is -5.53. The average molecular weight is 945 g/mol. The number of amides is 1. The van der Waals surface area contributed by atoms with Gasteiger partial charge in [-0.2, -0.15) is 13.2 Å². The minimum Gasteiger partial charge on any atom is -0.406 e. The van der Waals surface area contributed by atoms with E-state index in [1.54, 1.807) is 18.2 Å². The van der Waals surface area contributed by atoms with E-state index < -0.39 is 18.1 Å². The number of carbonyl (C=O) groups is 1. The third-order valence-electron chi connectivity index (χ3n) is 10.7. The highest BCUT2D eigenvalue weighted by atomic mass is 35.5. The first-order valence-corrected chi connectivity index (χ1v) is 23.3. The predicted octanol–water partition coefficient (Wildman–Crippen LogP) is 12.5. The molecule has 3 heterocycles. The highest BCUT2D eigenvalue weighted by Crippen LogP contribution is 2.32. The summed E-state index contributed by atoms with van der Waals surface area (Å²) in [6, 6.07) is 36.4. The molecular weight excluding hydrogens is 892 g/mol. The maximum Gasteiger partial charge on any atom is 0.573 e. The van der Waals surface area contributed by atoms with Crippen LogP contribution in [0.2, 0.25) is 5.02 Å². The first-order chi connectivity index (χ1) is 30.7. The number of carbonyl (C=O) groups excluding carboxylic acids is 1. The van der Waals surface area contributed by atoms with Crippen molar-refractivity contribution in [2.75, 3.05) is 37.6 Å². The van der Waals surface area contributed by atoms with Crippen molar-refractivity contribution in [2.24, 2.45) is 0 Å². The zero-order valence-corrected chi connectivity index (χ0v) is 38.0. The standard InChI is InChI=1S/C24H22ClF3N2S.C22H24F3N3O2S.C2H6/c25-21-10-8-19(9-11-21)18-6-4-17(5-7-18)15-30-13-12-22(16-30)29-31-23-3-1-2-20(14-23)24(26,27)28;23-22(24,25)30-19-3-1-4-20(13-19)31-26-17-10-12-27(15-17)14-16-6-8-18(9-7-16)28-11-2-5-21(28)29;1-2/h1-11,14,22,29H,12-13,15-16H2;1,3-4,6-9,13,17,26H,2,5,10-12,14-15H2;1-2H3. The van der Waals surface area contributed by atoms with Crippen molar-refractivity contribution in [1.29, 1.82) is 0 Å². The Balaban J connectivity index is 0.000000205. The van der Waals surface area contributed by atoms with Gasteiger partial charge in [0.05, 0.1) is 5.56 Å². The Bertz CT molecular complexity index is 2230. The lowest BCUT2D eigenvalue weighted by atomic mass is 10.0. The molecule has 7 nitrogen and oxygen atoms in total. The van der Waals surface area contributed by atoms with Crippen LogP contribution in [0.4, 0.5) is 32.0 Å².